The summed E-state index contributed by atoms with van der Waals surface area (Å²) in [5, 5.41) is 10.7. The third kappa shape index (κ3) is 4.07. The lowest BCUT2D eigenvalue weighted by atomic mass is 10.1. The molecule has 0 spiro atoms. The molecule has 2 heterocycles. The van der Waals surface area contributed by atoms with Crippen LogP contribution >= 0.6 is 11.3 Å². The normalized spacial score (nSPS) is 17.6. The van der Waals surface area contributed by atoms with Crippen molar-refractivity contribution >= 4 is 17.2 Å². The van der Waals surface area contributed by atoms with Crippen LogP contribution in [0.5, 0.6) is 0 Å². The van der Waals surface area contributed by atoms with Gasteiger partial charge in [0.25, 0.3) is 0 Å². The summed E-state index contributed by atoms with van der Waals surface area (Å²) in [4.78, 5) is 15.0. The zero-order chi connectivity index (χ0) is 14.4. The summed E-state index contributed by atoms with van der Waals surface area (Å²) in [6.45, 7) is 1.94. The standard InChI is InChI=1S/C15H19NO3S/c1-16(15(18)13-5-7-19-10-13)9-14-8-12(11-20-14)4-2-3-6-17/h8,11,13,17H,3,5-7,9-10H2,1H3. The fourth-order valence-corrected chi connectivity index (χ4v) is 2.97. The van der Waals surface area contributed by atoms with Crippen molar-refractivity contribution in [2.24, 2.45) is 5.92 Å². The monoisotopic (exact) mass is 293 g/mol. The van der Waals surface area contributed by atoms with Crippen LogP contribution in [0.25, 0.3) is 0 Å². The van der Waals surface area contributed by atoms with Gasteiger partial charge in [0.2, 0.25) is 5.91 Å². The summed E-state index contributed by atoms with van der Waals surface area (Å²) < 4.78 is 5.25. The summed E-state index contributed by atoms with van der Waals surface area (Å²) in [6.07, 6.45) is 1.32. The molecule has 1 aromatic rings. The lowest BCUT2D eigenvalue weighted by molar-refractivity contribution is -0.134. The van der Waals surface area contributed by atoms with Crippen molar-refractivity contribution in [3.63, 3.8) is 0 Å². The Bertz CT molecular complexity index is 509. The van der Waals surface area contributed by atoms with E-state index in [0.29, 0.717) is 26.2 Å². The Kier molecular flexibility index (Phi) is 5.60. The van der Waals surface area contributed by atoms with Gasteiger partial charge in [-0.3, -0.25) is 4.79 Å². The summed E-state index contributed by atoms with van der Waals surface area (Å²) in [5.41, 5.74) is 0.948. The van der Waals surface area contributed by atoms with Gasteiger partial charge in [0.05, 0.1) is 25.7 Å². The molecule has 1 N–H and O–H groups in total. The molecule has 1 unspecified atom stereocenters. The van der Waals surface area contributed by atoms with Crippen molar-refractivity contribution in [3.8, 4) is 11.8 Å². The van der Waals surface area contributed by atoms with Gasteiger partial charge in [-0.15, -0.1) is 11.3 Å². The third-order valence-corrected chi connectivity index (χ3v) is 4.09. The number of rotatable bonds is 4. The van der Waals surface area contributed by atoms with Gasteiger partial charge in [0.15, 0.2) is 0 Å². The van der Waals surface area contributed by atoms with E-state index in [9.17, 15) is 4.79 Å². The average Bonchev–Trinajstić information content (AvgIpc) is 3.09. The number of thiophene rings is 1. The van der Waals surface area contributed by atoms with E-state index in [2.05, 4.69) is 11.8 Å². The molecule has 1 amide bonds. The molecule has 1 aliphatic heterocycles. The highest BCUT2D eigenvalue weighted by molar-refractivity contribution is 7.10. The molecule has 0 aliphatic carbocycles. The van der Waals surface area contributed by atoms with Crippen LogP contribution in [0.3, 0.4) is 0 Å². The van der Waals surface area contributed by atoms with E-state index in [1.807, 2.05) is 18.5 Å². The summed E-state index contributed by atoms with van der Waals surface area (Å²) in [6, 6.07) is 2.00. The third-order valence-electron chi connectivity index (χ3n) is 3.17. The summed E-state index contributed by atoms with van der Waals surface area (Å²) in [7, 11) is 1.83. The second-order valence-electron chi connectivity index (χ2n) is 4.83. The van der Waals surface area contributed by atoms with E-state index >= 15 is 0 Å². The Hall–Kier alpha value is -1.35. The first-order valence-electron chi connectivity index (χ1n) is 6.70. The van der Waals surface area contributed by atoms with Gasteiger partial charge in [-0.05, 0) is 12.5 Å². The topological polar surface area (TPSA) is 49.8 Å². The lowest BCUT2D eigenvalue weighted by Crippen LogP contribution is -2.32. The van der Waals surface area contributed by atoms with Crippen LogP contribution in [0.4, 0.5) is 0 Å². The summed E-state index contributed by atoms with van der Waals surface area (Å²) in [5.74, 6) is 6.07. The van der Waals surface area contributed by atoms with Crippen LogP contribution in [-0.2, 0) is 16.1 Å². The maximum absolute atomic E-state index is 12.2. The molecule has 5 heteroatoms. The molecule has 4 nitrogen and oxygen atoms in total. The van der Waals surface area contributed by atoms with Crippen molar-refractivity contribution in [2.75, 3.05) is 26.9 Å². The van der Waals surface area contributed by atoms with Crippen LogP contribution < -0.4 is 0 Å². The zero-order valence-corrected chi connectivity index (χ0v) is 12.4. The predicted molar refractivity (Wildman–Crippen MR) is 78.3 cm³/mol. The lowest BCUT2D eigenvalue weighted by Gasteiger charge is -2.19. The highest BCUT2D eigenvalue weighted by atomic mass is 32.1. The maximum Gasteiger partial charge on any atom is 0.228 e. The number of ether oxygens (including phenoxy) is 1. The molecule has 1 fully saturated rings. The molecule has 1 aromatic heterocycles. The minimum Gasteiger partial charge on any atom is -0.395 e. The van der Waals surface area contributed by atoms with E-state index in [4.69, 9.17) is 9.84 Å². The zero-order valence-electron chi connectivity index (χ0n) is 11.6. The van der Waals surface area contributed by atoms with Crippen molar-refractivity contribution in [3.05, 3.63) is 21.9 Å². The summed E-state index contributed by atoms with van der Waals surface area (Å²) >= 11 is 1.61. The van der Waals surface area contributed by atoms with Gasteiger partial charge in [-0.2, -0.15) is 0 Å². The SMILES string of the molecule is CN(Cc1cc(C#CCCO)cs1)C(=O)C1CCOC1. The van der Waals surface area contributed by atoms with Gasteiger partial charge in [0.1, 0.15) is 0 Å². The second kappa shape index (κ2) is 7.44. The molecule has 20 heavy (non-hydrogen) atoms. The molecule has 0 radical (unpaired) electrons. The van der Waals surface area contributed by atoms with Crippen molar-refractivity contribution in [2.45, 2.75) is 19.4 Å². The molecule has 0 bridgehead atoms. The van der Waals surface area contributed by atoms with Gasteiger partial charge in [-0.25, -0.2) is 0 Å². The number of nitrogens with zero attached hydrogens (tertiary/aromatic N) is 1. The van der Waals surface area contributed by atoms with Gasteiger partial charge in [-0.1, -0.05) is 11.8 Å². The Balaban J connectivity index is 1.89. The first-order chi connectivity index (χ1) is 9.70. The van der Waals surface area contributed by atoms with E-state index in [1.165, 1.54) is 0 Å². The van der Waals surface area contributed by atoms with Crippen molar-refractivity contribution in [1.82, 2.24) is 4.90 Å². The highest BCUT2D eigenvalue weighted by Crippen LogP contribution is 2.19. The Morgan fingerprint density at radius 3 is 3.20 bits per heavy atom. The Morgan fingerprint density at radius 1 is 1.65 bits per heavy atom. The number of amides is 1. The fourth-order valence-electron chi connectivity index (χ4n) is 2.10. The first-order valence-corrected chi connectivity index (χ1v) is 7.58. The second-order valence-corrected chi connectivity index (χ2v) is 5.83. The number of carbonyl (C=O) groups is 1. The molecular formula is C15H19NO3S. The Labute approximate surface area is 123 Å². The quantitative estimate of drug-likeness (QED) is 0.856. The van der Waals surface area contributed by atoms with Crippen LogP contribution in [0.2, 0.25) is 0 Å². The largest absolute Gasteiger partial charge is 0.395 e. The fraction of sp³-hybridized carbons (Fsp3) is 0.533. The van der Waals surface area contributed by atoms with Crippen LogP contribution in [0.1, 0.15) is 23.3 Å². The first kappa shape index (κ1) is 15.0. The molecule has 1 aliphatic rings. The van der Waals surface area contributed by atoms with E-state index < -0.39 is 0 Å². The van der Waals surface area contributed by atoms with Gasteiger partial charge >= 0.3 is 0 Å². The minimum atomic E-state index is 0.0174. The molecule has 2 rings (SSSR count). The average molecular weight is 293 g/mol. The molecule has 1 saturated heterocycles. The Morgan fingerprint density at radius 2 is 2.50 bits per heavy atom. The number of hydrogen-bond donors (Lipinski definition) is 1. The van der Waals surface area contributed by atoms with Gasteiger partial charge < -0.3 is 14.7 Å². The number of carbonyl (C=O) groups excluding carboxylic acids is 1. The van der Waals surface area contributed by atoms with E-state index in [1.54, 1.807) is 16.2 Å². The smallest absolute Gasteiger partial charge is 0.228 e. The molecular weight excluding hydrogens is 274 g/mol. The van der Waals surface area contributed by atoms with Gasteiger partial charge in [0, 0.05) is 35.9 Å². The molecule has 0 saturated carbocycles. The number of aliphatic hydroxyl groups excluding tert-OH is 1. The number of hydrogen-bond acceptors (Lipinski definition) is 4. The number of aliphatic hydroxyl groups is 1. The molecule has 0 aromatic carbocycles. The van der Waals surface area contributed by atoms with Crippen LogP contribution in [0.15, 0.2) is 11.4 Å². The van der Waals surface area contributed by atoms with Crippen LogP contribution in [-0.4, -0.2) is 42.8 Å². The maximum atomic E-state index is 12.2. The minimum absolute atomic E-state index is 0.0174. The van der Waals surface area contributed by atoms with E-state index in [-0.39, 0.29) is 18.4 Å². The molecule has 108 valence electrons. The van der Waals surface area contributed by atoms with Crippen LogP contribution in [0, 0.1) is 17.8 Å². The predicted octanol–water partition coefficient (Wildman–Crippen LogP) is 1.48. The van der Waals surface area contributed by atoms with Crippen molar-refractivity contribution in [1.29, 1.82) is 0 Å². The van der Waals surface area contributed by atoms with Crippen molar-refractivity contribution < 1.29 is 14.6 Å². The molecule has 1 atom stereocenters. The van der Waals surface area contributed by atoms with E-state index in [0.717, 1.165) is 16.9 Å². The highest BCUT2D eigenvalue weighted by Gasteiger charge is 2.26.